The smallest absolute Gasteiger partial charge is 0.318 e. The number of carboxylic acids is 1. The summed E-state index contributed by atoms with van der Waals surface area (Å²) in [5.74, 6) is -2.69. The fourth-order valence-corrected chi connectivity index (χ4v) is 3.05. The Hall–Kier alpha value is -1.19. The summed E-state index contributed by atoms with van der Waals surface area (Å²) in [4.78, 5) is 34.3. The maximum atomic E-state index is 11.6. The summed E-state index contributed by atoms with van der Waals surface area (Å²) in [6.45, 7) is 3.42. The zero-order valence-electron chi connectivity index (χ0n) is 8.16. The molecule has 0 radical (unpaired) electrons. The van der Waals surface area contributed by atoms with Crippen LogP contribution >= 0.6 is 0 Å². The predicted octanol–water partition coefficient (Wildman–Crippen LogP) is 0.645. The fraction of sp³-hybridized carbons (Fsp3) is 0.700. The number of ketones is 2. The van der Waals surface area contributed by atoms with Crippen LogP contribution in [0.5, 0.6) is 0 Å². The van der Waals surface area contributed by atoms with Gasteiger partial charge in [-0.1, -0.05) is 13.8 Å². The van der Waals surface area contributed by atoms with Crippen molar-refractivity contribution in [1.29, 1.82) is 0 Å². The van der Waals surface area contributed by atoms with E-state index in [1.165, 1.54) is 0 Å². The second kappa shape index (κ2) is 2.24. The molecule has 0 aromatic heterocycles. The first-order chi connectivity index (χ1) is 6.35. The molecule has 2 atom stereocenters. The topological polar surface area (TPSA) is 71.4 Å². The maximum absolute atomic E-state index is 11.6. The lowest BCUT2D eigenvalue weighted by atomic mass is 9.69. The van der Waals surface area contributed by atoms with E-state index in [9.17, 15) is 14.4 Å². The van der Waals surface area contributed by atoms with Crippen LogP contribution in [0.1, 0.15) is 26.7 Å². The average Bonchev–Trinajstić information content (AvgIpc) is 2.41. The highest BCUT2D eigenvalue weighted by atomic mass is 16.4. The molecule has 0 spiro atoms. The summed E-state index contributed by atoms with van der Waals surface area (Å²) in [7, 11) is 0. The van der Waals surface area contributed by atoms with Crippen LogP contribution in [0.25, 0.3) is 0 Å². The average molecular weight is 196 g/mol. The zero-order valence-corrected chi connectivity index (χ0v) is 8.16. The number of hydrogen-bond donors (Lipinski definition) is 1. The van der Waals surface area contributed by atoms with Gasteiger partial charge < -0.3 is 5.11 Å². The maximum Gasteiger partial charge on any atom is 0.318 e. The Kier molecular flexibility index (Phi) is 1.50. The summed E-state index contributed by atoms with van der Waals surface area (Å²) >= 11 is 0. The first-order valence-corrected chi connectivity index (χ1v) is 4.68. The van der Waals surface area contributed by atoms with Gasteiger partial charge in [-0.2, -0.15) is 0 Å². The lowest BCUT2D eigenvalue weighted by Gasteiger charge is -2.30. The minimum atomic E-state index is -1.44. The van der Waals surface area contributed by atoms with Gasteiger partial charge in [-0.15, -0.1) is 0 Å². The van der Waals surface area contributed by atoms with Gasteiger partial charge in [0, 0.05) is 5.92 Å². The molecule has 2 rings (SSSR count). The third-order valence-electron chi connectivity index (χ3n) is 4.07. The van der Waals surface area contributed by atoms with Crippen LogP contribution in [-0.4, -0.2) is 22.6 Å². The summed E-state index contributed by atoms with van der Waals surface area (Å²) in [5.41, 5.74) is -2.15. The van der Waals surface area contributed by atoms with Gasteiger partial charge in [-0.05, 0) is 18.3 Å². The third-order valence-corrected chi connectivity index (χ3v) is 4.07. The molecule has 0 unspecified atom stereocenters. The van der Waals surface area contributed by atoms with E-state index in [1.54, 1.807) is 13.8 Å². The largest absolute Gasteiger partial charge is 0.480 e. The monoisotopic (exact) mass is 196 g/mol. The van der Waals surface area contributed by atoms with Crippen LogP contribution in [0.2, 0.25) is 0 Å². The van der Waals surface area contributed by atoms with Crippen LogP contribution in [0.15, 0.2) is 0 Å². The number of carboxylic acid groups (broad SMARTS) is 1. The molecule has 2 bridgehead atoms. The lowest BCUT2D eigenvalue weighted by Crippen LogP contribution is -2.44. The first kappa shape index (κ1) is 9.37. The Morgan fingerprint density at radius 1 is 1.43 bits per heavy atom. The normalized spacial score (nSPS) is 39.1. The van der Waals surface area contributed by atoms with E-state index in [4.69, 9.17) is 5.11 Å². The van der Waals surface area contributed by atoms with Gasteiger partial charge in [0.15, 0.2) is 0 Å². The molecule has 0 aliphatic heterocycles. The minimum absolute atomic E-state index is 0.310. The van der Waals surface area contributed by atoms with Gasteiger partial charge in [-0.25, -0.2) is 0 Å². The van der Waals surface area contributed by atoms with Crippen LogP contribution in [0.4, 0.5) is 0 Å². The van der Waals surface area contributed by atoms with Crippen molar-refractivity contribution in [2.75, 3.05) is 0 Å². The first-order valence-electron chi connectivity index (χ1n) is 4.68. The Bertz CT molecular complexity index is 355. The molecule has 1 N–H and O–H groups in total. The van der Waals surface area contributed by atoms with Gasteiger partial charge in [0.2, 0.25) is 11.6 Å². The molecule has 4 heteroatoms. The van der Waals surface area contributed by atoms with Crippen molar-refractivity contribution in [3.05, 3.63) is 0 Å². The van der Waals surface area contributed by atoms with Crippen molar-refractivity contribution in [2.45, 2.75) is 26.7 Å². The Labute approximate surface area is 81.3 Å². The zero-order chi connectivity index (χ0) is 10.7. The van der Waals surface area contributed by atoms with E-state index in [1.807, 2.05) is 0 Å². The van der Waals surface area contributed by atoms with Gasteiger partial charge in [0.05, 0.1) is 0 Å². The van der Waals surface area contributed by atoms with Crippen molar-refractivity contribution in [3.8, 4) is 0 Å². The number of fused-ring (bicyclic) bond motifs is 2. The second-order valence-corrected chi connectivity index (χ2v) is 4.72. The van der Waals surface area contributed by atoms with Crippen molar-refractivity contribution < 1.29 is 19.5 Å². The summed E-state index contributed by atoms with van der Waals surface area (Å²) in [6, 6.07) is 0. The molecular formula is C10H12O4. The molecule has 14 heavy (non-hydrogen) atoms. The molecule has 0 aromatic rings. The summed E-state index contributed by atoms with van der Waals surface area (Å²) in [5, 5.41) is 9.14. The third kappa shape index (κ3) is 0.656. The van der Waals surface area contributed by atoms with E-state index in [0.717, 1.165) is 0 Å². The van der Waals surface area contributed by atoms with Crippen molar-refractivity contribution >= 4 is 17.5 Å². The van der Waals surface area contributed by atoms with Crippen molar-refractivity contribution in [3.63, 3.8) is 0 Å². The molecule has 76 valence electrons. The Morgan fingerprint density at radius 2 is 2.00 bits per heavy atom. The van der Waals surface area contributed by atoms with Gasteiger partial charge in [0.1, 0.15) is 5.41 Å². The van der Waals surface area contributed by atoms with Gasteiger partial charge >= 0.3 is 5.97 Å². The molecule has 0 aromatic carbocycles. The van der Waals surface area contributed by atoms with E-state index >= 15 is 0 Å². The highest BCUT2D eigenvalue weighted by Gasteiger charge is 2.72. The standard InChI is InChI=1S/C10H12O4/c1-9(2)5-3-4-10(9,8(13)14)7(12)6(5)11/h5H,3-4H2,1-2H3,(H,13,14)/t5-,10-/m1/s1. The van der Waals surface area contributed by atoms with Crippen molar-refractivity contribution in [2.24, 2.45) is 16.7 Å². The Balaban J connectivity index is 2.65. The molecule has 2 fully saturated rings. The van der Waals surface area contributed by atoms with E-state index in [0.29, 0.717) is 12.8 Å². The van der Waals surface area contributed by atoms with Crippen LogP contribution < -0.4 is 0 Å². The quantitative estimate of drug-likeness (QED) is 0.493. The molecule has 2 aliphatic carbocycles. The number of carbonyl (C=O) groups is 3. The highest BCUT2D eigenvalue weighted by Crippen LogP contribution is 2.62. The van der Waals surface area contributed by atoms with Crippen LogP contribution in [-0.2, 0) is 14.4 Å². The second-order valence-electron chi connectivity index (χ2n) is 4.72. The van der Waals surface area contributed by atoms with Crippen molar-refractivity contribution in [1.82, 2.24) is 0 Å². The molecular weight excluding hydrogens is 184 g/mol. The molecule has 2 aliphatic rings. The molecule has 0 heterocycles. The van der Waals surface area contributed by atoms with Crippen LogP contribution in [0.3, 0.4) is 0 Å². The summed E-state index contributed by atoms with van der Waals surface area (Å²) in [6.07, 6.45) is 0.842. The molecule has 2 saturated carbocycles. The minimum Gasteiger partial charge on any atom is -0.480 e. The number of hydrogen-bond acceptors (Lipinski definition) is 3. The Morgan fingerprint density at radius 3 is 2.29 bits per heavy atom. The molecule has 0 amide bonds. The predicted molar refractivity (Wildman–Crippen MR) is 46.6 cm³/mol. The molecule has 0 saturated heterocycles. The number of Topliss-reactive ketones (excluding diaryl/α,β-unsaturated/α-hetero) is 2. The fourth-order valence-electron chi connectivity index (χ4n) is 3.05. The van der Waals surface area contributed by atoms with E-state index in [-0.39, 0.29) is 5.92 Å². The van der Waals surface area contributed by atoms with E-state index < -0.39 is 28.4 Å². The number of carbonyl (C=O) groups excluding carboxylic acids is 2. The van der Waals surface area contributed by atoms with Gasteiger partial charge in [-0.3, -0.25) is 14.4 Å². The lowest BCUT2D eigenvalue weighted by molar-refractivity contribution is -0.160. The van der Waals surface area contributed by atoms with E-state index in [2.05, 4.69) is 0 Å². The summed E-state index contributed by atoms with van der Waals surface area (Å²) < 4.78 is 0. The van der Waals surface area contributed by atoms with Gasteiger partial charge in [0.25, 0.3) is 0 Å². The van der Waals surface area contributed by atoms with Crippen LogP contribution in [0, 0.1) is 16.7 Å². The highest BCUT2D eigenvalue weighted by molar-refractivity contribution is 6.47. The SMILES string of the molecule is CC1(C)[C@@H]2CC[C@]1(C(=O)O)C(=O)C2=O. The number of rotatable bonds is 1. The number of aliphatic carboxylic acids is 1. The molecule has 4 nitrogen and oxygen atoms in total.